The first-order valence-electron chi connectivity index (χ1n) is 25.0. The number of aromatic amines is 2. The number of carbonyl (C=O) groups excluding carboxylic acids is 1. The molecule has 3 saturated carbocycles. The van der Waals surface area contributed by atoms with Gasteiger partial charge < -0.3 is 34.1 Å². The summed E-state index contributed by atoms with van der Waals surface area (Å²) >= 11 is 1.11. The minimum Gasteiger partial charge on any atom is -0.489 e. The quantitative estimate of drug-likeness (QED) is 0.0700. The van der Waals surface area contributed by atoms with Crippen molar-refractivity contribution in [3.63, 3.8) is 0 Å². The number of carbonyl (C=O) groups is 1. The highest BCUT2D eigenvalue weighted by Crippen LogP contribution is 2.55. The fourth-order valence-corrected chi connectivity index (χ4v) is 13.2. The minimum atomic E-state index is -0.634. The van der Waals surface area contributed by atoms with E-state index in [0.29, 0.717) is 69.5 Å². The Kier molecular flexibility index (Phi) is 11.0. The second kappa shape index (κ2) is 17.1. The number of rotatable bonds is 9. The molecule has 14 heteroatoms. The molecule has 2 atom stereocenters. The lowest BCUT2D eigenvalue weighted by atomic mass is 9.59. The van der Waals surface area contributed by atoms with Crippen molar-refractivity contribution in [3.8, 4) is 5.75 Å². The molecule has 6 aromatic rings. The van der Waals surface area contributed by atoms with Gasteiger partial charge in [-0.15, -0.1) is 4.91 Å². The Hall–Kier alpha value is -5.57. The molecule has 3 aliphatic carbocycles. The Balaban J connectivity index is 0.855. The summed E-state index contributed by atoms with van der Waals surface area (Å²) in [5.74, 6) is 1.44. The van der Waals surface area contributed by atoms with Gasteiger partial charge >= 0.3 is 0 Å². The maximum atomic E-state index is 14.3. The summed E-state index contributed by atoms with van der Waals surface area (Å²) in [5, 5.41) is 18.3. The lowest BCUT2D eigenvalue weighted by molar-refractivity contribution is -0.0232. The van der Waals surface area contributed by atoms with E-state index in [1.807, 2.05) is 37.3 Å². The van der Waals surface area contributed by atoms with Crippen molar-refractivity contribution in [2.24, 2.45) is 16.5 Å². The number of hydrogen-bond donors (Lipinski definition) is 5. The molecule has 6 heterocycles. The molecular weight excluding hydrogens is 873 g/mol. The molecule has 4 fully saturated rings. The number of likely N-dealkylation sites (tertiary alicyclic amines) is 1. The standard InChI is InChI=1S/C54H62N8O5S/c1-31(2)38-7-4-5-8-39(38)43-9-6-21-61(43)36-27-54(28-36)19-22-62-35-12-13-40(45(24-35)67-47-23-34-16-20-55-50(34)58-51(47)57-48(33-10-11-33)44(62)29-54)52(63)60-68-37-25-41(59-65)49-46(26-37)66-30-42(56-49)32-14-17-53(3,64)18-15-32/h4-5,7-8,12-13,16,20,23-26,31-33,36,42-43,56,64H,6,9-11,14-15,17-19,21-22,27-30H2,1-3H3,(H,60,63)(H2,55,57,58)/t32?,36?,42?,43-,53?,54?/m1/s1. The number of fused-ring (bicyclic) bond motifs is 7. The zero-order valence-corrected chi connectivity index (χ0v) is 40.1. The van der Waals surface area contributed by atoms with Crippen LogP contribution in [0, 0.1) is 16.2 Å². The van der Waals surface area contributed by atoms with Crippen LogP contribution < -0.4 is 14.8 Å². The molecular formula is C54H62N8O5S. The highest BCUT2D eigenvalue weighted by Gasteiger charge is 2.51. The summed E-state index contributed by atoms with van der Waals surface area (Å²) in [6, 6.07) is 23.7. The number of nitrogens with one attached hydrogen (secondary N) is 4. The first-order chi connectivity index (χ1) is 33.0. The number of ether oxygens (including phenoxy) is 1. The number of H-pyrrole nitrogens is 2. The molecule has 1 unspecified atom stereocenters. The lowest BCUT2D eigenvalue weighted by Gasteiger charge is -2.55. The number of aliphatic hydroxyl groups is 1. The minimum absolute atomic E-state index is 0.0124. The lowest BCUT2D eigenvalue weighted by Crippen LogP contribution is -2.53. The zero-order valence-electron chi connectivity index (χ0n) is 39.3. The van der Waals surface area contributed by atoms with Crippen LogP contribution in [0.4, 0.5) is 11.4 Å². The largest absolute Gasteiger partial charge is 0.489 e. The van der Waals surface area contributed by atoms with Crippen molar-refractivity contribution in [3.05, 3.63) is 106 Å². The fourth-order valence-electron chi connectivity index (χ4n) is 12.5. The Morgan fingerprint density at radius 2 is 1.81 bits per heavy atom. The van der Waals surface area contributed by atoms with Gasteiger partial charge in [0.1, 0.15) is 35.0 Å². The molecule has 6 aliphatic rings. The third-order valence-electron chi connectivity index (χ3n) is 16.5. The molecule has 13 nitrogen and oxygen atoms in total. The Labute approximate surface area is 400 Å². The molecule has 2 bridgehead atoms. The van der Waals surface area contributed by atoms with Crippen LogP contribution in [0.2, 0.25) is 0 Å². The molecule has 3 aliphatic heterocycles. The summed E-state index contributed by atoms with van der Waals surface area (Å²) in [4.78, 5) is 42.1. The van der Waals surface area contributed by atoms with Crippen molar-refractivity contribution in [1.82, 2.24) is 29.1 Å². The summed E-state index contributed by atoms with van der Waals surface area (Å²) in [6.07, 6.45) is 14.3. The van der Waals surface area contributed by atoms with Crippen LogP contribution in [0.15, 0.2) is 87.4 Å². The first kappa shape index (κ1) is 43.7. The second-order valence-corrected chi connectivity index (χ2v) is 22.3. The monoisotopic (exact) mass is 934 g/mol. The van der Waals surface area contributed by atoms with Gasteiger partial charge in [-0.3, -0.25) is 14.4 Å². The summed E-state index contributed by atoms with van der Waals surface area (Å²) in [5.41, 5.74) is 9.93. The molecule has 3 aromatic heterocycles. The maximum absolute atomic E-state index is 14.3. The molecule has 68 heavy (non-hydrogen) atoms. The van der Waals surface area contributed by atoms with Gasteiger partial charge in [-0.1, -0.05) is 38.1 Å². The van der Waals surface area contributed by atoms with E-state index in [4.69, 9.17) is 9.15 Å². The average Bonchev–Trinajstić information content (AvgIpc) is 3.88. The SMILES string of the molecule is CC(C)c1ccccc1[C@H]1CCCN1C1CC2(CCn3c(c(C4CC4)[nH]c4[nH]c5nccc5cc4oc4cc3ccc4C(=O)NSc3cc(N=O)c4c(c3)OCC(C3CCC(C)(O)CC3)N4)C2)C1. The van der Waals surface area contributed by atoms with E-state index in [0.717, 1.165) is 92.1 Å². The van der Waals surface area contributed by atoms with E-state index in [1.54, 1.807) is 12.3 Å². The summed E-state index contributed by atoms with van der Waals surface area (Å²) in [6.45, 7) is 9.04. The normalized spacial score (nSPS) is 26.8. The van der Waals surface area contributed by atoms with E-state index in [-0.39, 0.29) is 23.1 Å². The molecule has 1 saturated heterocycles. The van der Waals surface area contributed by atoms with Crippen LogP contribution in [-0.2, 0) is 13.0 Å². The Morgan fingerprint density at radius 1 is 0.971 bits per heavy atom. The van der Waals surface area contributed by atoms with E-state index < -0.39 is 5.60 Å². The van der Waals surface area contributed by atoms with Gasteiger partial charge in [-0.2, -0.15) is 0 Å². The van der Waals surface area contributed by atoms with Crippen molar-refractivity contribution in [2.45, 2.75) is 145 Å². The highest BCUT2D eigenvalue weighted by molar-refractivity contribution is 7.98. The number of nitrogens with zero attached hydrogens (tertiary/aromatic N) is 4. The van der Waals surface area contributed by atoms with Gasteiger partial charge in [-0.05, 0) is 172 Å². The molecule has 1 spiro atoms. The number of pyridine rings is 1. The van der Waals surface area contributed by atoms with Crippen molar-refractivity contribution in [2.75, 3.05) is 18.5 Å². The van der Waals surface area contributed by atoms with Gasteiger partial charge in [0.15, 0.2) is 11.2 Å². The van der Waals surface area contributed by atoms with E-state index in [9.17, 15) is 14.8 Å². The Bertz CT molecular complexity index is 3030. The number of anilines is 1. The maximum Gasteiger partial charge on any atom is 0.265 e. The highest BCUT2D eigenvalue weighted by atomic mass is 32.2. The molecule has 0 radical (unpaired) electrons. The van der Waals surface area contributed by atoms with Crippen LogP contribution in [0.5, 0.6) is 5.75 Å². The molecule has 5 N–H and O–H groups in total. The van der Waals surface area contributed by atoms with Crippen LogP contribution in [-0.4, -0.2) is 66.3 Å². The number of aromatic nitrogens is 4. The first-order valence-corrected chi connectivity index (χ1v) is 25.8. The summed E-state index contributed by atoms with van der Waals surface area (Å²) < 4.78 is 18.6. The van der Waals surface area contributed by atoms with Crippen molar-refractivity contribution in [1.29, 1.82) is 0 Å². The molecule has 3 aromatic carbocycles. The fraction of sp³-hybridized carbons (Fsp3) is 0.481. The Morgan fingerprint density at radius 3 is 2.62 bits per heavy atom. The van der Waals surface area contributed by atoms with Gasteiger partial charge in [0, 0.05) is 64.0 Å². The van der Waals surface area contributed by atoms with E-state index >= 15 is 0 Å². The van der Waals surface area contributed by atoms with Crippen LogP contribution in [0.3, 0.4) is 0 Å². The third-order valence-corrected chi connectivity index (χ3v) is 17.2. The van der Waals surface area contributed by atoms with E-state index in [1.165, 1.54) is 54.7 Å². The van der Waals surface area contributed by atoms with Gasteiger partial charge in [-0.25, -0.2) is 4.98 Å². The van der Waals surface area contributed by atoms with Crippen LogP contribution in [0.1, 0.15) is 142 Å². The zero-order chi connectivity index (χ0) is 46.3. The number of benzene rings is 3. The molecule has 354 valence electrons. The topological polar surface area (TPSA) is 166 Å². The van der Waals surface area contributed by atoms with Gasteiger partial charge in [0.2, 0.25) is 0 Å². The number of nitroso groups, excluding NO2 is 1. The predicted molar refractivity (Wildman–Crippen MR) is 268 cm³/mol. The van der Waals surface area contributed by atoms with Crippen LogP contribution in [0.25, 0.3) is 33.4 Å². The smallest absolute Gasteiger partial charge is 0.265 e. The van der Waals surface area contributed by atoms with Gasteiger partial charge in [0.25, 0.3) is 5.91 Å². The third kappa shape index (κ3) is 8.09. The number of hydrogen-bond acceptors (Lipinski definition) is 10. The van der Waals surface area contributed by atoms with Crippen molar-refractivity contribution < 1.29 is 19.1 Å². The number of amides is 1. The van der Waals surface area contributed by atoms with E-state index in [2.05, 4.69) is 83.8 Å². The predicted octanol–water partition coefficient (Wildman–Crippen LogP) is 12.2. The van der Waals surface area contributed by atoms with Crippen LogP contribution >= 0.6 is 11.9 Å². The van der Waals surface area contributed by atoms with Crippen molar-refractivity contribution >= 4 is 62.6 Å². The van der Waals surface area contributed by atoms with Gasteiger partial charge in [0.05, 0.1) is 17.2 Å². The molecule has 12 rings (SSSR count). The number of aryl methyl sites for hydroxylation is 1. The summed E-state index contributed by atoms with van der Waals surface area (Å²) in [7, 11) is 0. The molecule has 1 amide bonds. The second-order valence-electron chi connectivity index (χ2n) is 21.5. The average molecular weight is 935 g/mol.